The lowest BCUT2D eigenvalue weighted by Gasteiger charge is -2.44. The molecule has 3 aromatic rings. The van der Waals surface area contributed by atoms with Crippen LogP contribution >= 0.6 is 0 Å². The van der Waals surface area contributed by atoms with Crippen LogP contribution in [-0.2, 0) is 0 Å². The molecule has 4 rings (SSSR count). The number of hydrogen-bond acceptors (Lipinski definition) is 5. The molecule has 36 heavy (non-hydrogen) atoms. The highest BCUT2D eigenvalue weighted by Gasteiger charge is 2.66. The topological polar surface area (TPSA) is 101 Å². The van der Waals surface area contributed by atoms with Gasteiger partial charge in [-0.3, -0.25) is 4.79 Å². The molecule has 1 aromatic heterocycles. The van der Waals surface area contributed by atoms with Gasteiger partial charge in [0.25, 0.3) is 0 Å². The first-order valence-electron chi connectivity index (χ1n) is 11.0. The van der Waals surface area contributed by atoms with Gasteiger partial charge in [0, 0.05) is 11.1 Å². The highest BCUT2D eigenvalue weighted by molar-refractivity contribution is 6.00. The van der Waals surface area contributed by atoms with Crippen LogP contribution in [0.25, 0.3) is 11.3 Å². The quantitative estimate of drug-likeness (QED) is 0.310. The zero-order valence-corrected chi connectivity index (χ0v) is 18.9. The maximum atomic E-state index is 14.1. The molecule has 190 valence electrons. The zero-order chi connectivity index (χ0) is 26.1. The molecule has 0 unspecified atom stereocenters. The minimum atomic E-state index is -5.41. The zero-order valence-electron chi connectivity index (χ0n) is 18.9. The van der Waals surface area contributed by atoms with Crippen molar-refractivity contribution in [2.24, 2.45) is 5.92 Å². The second-order valence-corrected chi connectivity index (χ2v) is 8.27. The summed E-state index contributed by atoms with van der Waals surface area (Å²) in [7, 11) is 0. The van der Waals surface area contributed by atoms with Crippen molar-refractivity contribution in [3.63, 3.8) is 0 Å². The third-order valence-corrected chi connectivity index (χ3v) is 5.74. The first-order valence-corrected chi connectivity index (χ1v) is 11.0. The first-order chi connectivity index (χ1) is 17.0. The molecule has 2 heterocycles. The van der Waals surface area contributed by atoms with Crippen molar-refractivity contribution < 1.29 is 41.4 Å². The molecule has 0 bridgehead atoms. The summed E-state index contributed by atoms with van der Waals surface area (Å²) in [5.74, 6) is -3.64. The Hall–Kier alpha value is -3.86. The third kappa shape index (κ3) is 4.78. The number of carbonyl (C=O) groups is 2. The SMILES string of the molecule is CCCOc1ccc(C(=O)[C@@H]2[C@@H](c3ccc(-c4cccc(F)c4)o3)NC(=O)N[C@@]2(O)C(F)(F)F)cc1. The van der Waals surface area contributed by atoms with E-state index in [1.165, 1.54) is 59.9 Å². The van der Waals surface area contributed by atoms with E-state index in [0.29, 0.717) is 12.4 Å². The van der Waals surface area contributed by atoms with Gasteiger partial charge in [0.2, 0.25) is 5.72 Å². The van der Waals surface area contributed by atoms with Gasteiger partial charge in [-0.25, -0.2) is 9.18 Å². The minimum absolute atomic E-state index is 0.0939. The van der Waals surface area contributed by atoms with Gasteiger partial charge < -0.3 is 24.9 Å². The van der Waals surface area contributed by atoms with Crippen LogP contribution in [0.15, 0.2) is 65.1 Å². The van der Waals surface area contributed by atoms with E-state index in [-0.39, 0.29) is 22.6 Å². The van der Waals surface area contributed by atoms with Crippen LogP contribution < -0.4 is 15.4 Å². The van der Waals surface area contributed by atoms with Crippen LogP contribution in [0.4, 0.5) is 22.4 Å². The molecule has 1 aliphatic heterocycles. The number of ketones is 1. The molecule has 3 atom stereocenters. The number of alkyl halides is 3. The molecule has 1 fully saturated rings. The summed E-state index contributed by atoms with van der Waals surface area (Å²) in [4.78, 5) is 25.6. The number of nitrogens with one attached hydrogen (secondary N) is 2. The van der Waals surface area contributed by atoms with E-state index in [0.717, 1.165) is 12.5 Å². The fourth-order valence-corrected chi connectivity index (χ4v) is 4.01. The van der Waals surface area contributed by atoms with Crippen LogP contribution in [0, 0.1) is 11.7 Å². The van der Waals surface area contributed by atoms with Crippen molar-refractivity contribution in [1.82, 2.24) is 10.6 Å². The van der Waals surface area contributed by atoms with Gasteiger partial charge in [-0.1, -0.05) is 19.1 Å². The Morgan fingerprint density at radius 3 is 2.50 bits per heavy atom. The van der Waals surface area contributed by atoms with E-state index in [4.69, 9.17) is 9.15 Å². The Morgan fingerprint density at radius 1 is 1.14 bits per heavy atom. The first kappa shape index (κ1) is 25.2. The number of urea groups is 1. The van der Waals surface area contributed by atoms with Gasteiger partial charge in [-0.2, -0.15) is 13.2 Å². The number of halogens is 4. The molecule has 1 aliphatic rings. The third-order valence-electron chi connectivity index (χ3n) is 5.74. The molecular weight excluding hydrogens is 484 g/mol. The average Bonchev–Trinajstić information content (AvgIpc) is 3.32. The fourth-order valence-electron chi connectivity index (χ4n) is 4.01. The highest BCUT2D eigenvalue weighted by atomic mass is 19.4. The van der Waals surface area contributed by atoms with Crippen molar-refractivity contribution in [2.45, 2.75) is 31.3 Å². The van der Waals surface area contributed by atoms with Crippen molar-refractivity contribution in [1.29, 1.82) is 0 Å². The fraction of sp³-hybridized carbons (Fsp3) is 0.280. The average molecular weight is 506 g/mol. The molecule has 1 saturated heterocycles. The monoisotopic (exact) mass is 506 g/mol. The molecule has 7 nitrogen and oxygen atoms in total. The smallest absolute Gasteiger partial charge is 0.437 e. The van der Waals surface area contributed by atoms with Crippen LogP contribution in [0.2, 0.25) is 0 Å². The van der Waals surface area contributed by atoms with Gasteiger partial charge in [0.15, 0.2) is 5.78 Å². The Morgan fingerprint density at radius 2 is 1.86 bits per heavy atom. The molecule has 0 aliphatic carbocycles. The van der Waals surface area contributed by atoms with Crippen molar-refractivity contribution >= 4 is 11.8 Å². The van der Waals surface area contributed by atoms with E-state index < -0.39 is 41.5 Å². The van der Waals surface area contributed by atoms with Crippen molar-refractivity contribution in [3.05, 3.63) is 77.8 Å². The summed E-state index contributed by atoms with van der Waals surface area (Å²) < 4.78 is 67.0. The number of carbonyl (C=O) groups excluding carboxylic acids is 2. The Kier molecular flexibility index (Phi) is 6.77. The predicted molar refractivity (Wildman–Crippen MR) is 120 cm³/mol. The molecule has 2 amide bonds. The number of rotatable bonds is 7. The van der Waals surface area contributed by atoms with E-state index in [2.05, 4.69) is 5.32 Å². The highest BCUT2D eigenvalue weighted by Crippen LogP contribution is 2.44. The van der Waals surface area contributed by atoms with Crippen molar-refractivity contribution in [3.8, 4) is 17.1 Å². The maximum absolute atomic E-state index is 14.1. The molecule has 0 spiro atoms. The van der Waals surface area contributed by atoms with E-state index in [1.54, 1.807) is 0 Å². The van der Waals surface area contributed by atoms with Crippen LogP contribution in [-0.4, -0.2) is 35.4 Å². The number of Topliss-reactive ketones (excluding diaryl/α,β-unsaturated/α-hetero) is 1. The molecule has 3 N–H and O–H groups in total. The molecular formula is C25H22F4N2O5. The molecule has 2 aromatic carbocycles. The Balaban J connectivity index is 1.75. The Bertz CT molecular complexity index is 1260. The summed E-state index contributed by atoms with van der Waals surface area (Å²) in [6.45, 7) is 2.31. The number of hydrogen-bond donors (Lipinski definition) is 3. The summed E-state index contributed by atoms with van der Waals surface area (Å²) in [5.41, 5.74) is -3.76. The van der Waals surface area contributed by atoms with Gasteiger partial charge in [0.05, 0.1) is 6.61 Å². The lowest BCUT2D eigenvalue weighted by molar-refractivity contribution is -0.288. The van der Waals surface area contributed by atoms with Gasteiger partial charge in [-0.05, 0) is 55.0 Å². The van der Waals surface area contributed by atoms with Crippen LogP contribution in [0.3, 0.4) is 0 Å². The lowest BCUT2D eigenvalue weighted by Crippen LogP contribution is -2.72. The number of furan rings is 1. The van der Waals surface area contributed by atoms with Gasteiger partial charge >= 0.3 is 12.2 Å². The normalized spacial score (nSPS) is 22.0. The summed E-state index contributed by atoms with van der Waals surface area (Å²) in [6, 6.07) is 10.3. The van der Waals surface area contributed by atoms with Crippen LogP contribution in [0.1, 0.15) is 35.5 Å². The van der Waals surface area contributed by atoms with Gasteiger partial charge in [-0.15, -0.1) is 0 Å². The van der Waals surface area contributed by atoms with E-state index in [1.807, 2.05) is 6.92 Å². The van der Waals surface area contributed by atoms with Crippen LogP contribution in [0.5, 0.6) is 5.75 Å². The summed E-state index contributed by atoms with van der Waals surface area (Å²) in [6.07, 6.45) is -4.68. The standard InChI is InChI=1S/C25H22F4N2O5/c1-2-12-35-17-8-6-14(7-9-17)22(32)20-21(30-23(33)31-24(20,34)25(27,28)29)19-11-10-18(36-19)15-4-3-5-16(26)13-15/h3-11,13,20-21,34H,2,12H2,1H3,(H2,30,31,33)/t20-,21+,24-/m0/s1. The molecule has 0 saturated carbocycles. The number of benzene rings is 2. The summed E-state index contributed by atoms with van der Waals surface area (Å²) >= 11 is 0. The largest absolute Gasteiger partial charge is 0.494 e. The maximum Gasteiger partial charge on any atom is 0.437 e. The molecule has 0 radical (unpaired) electrons. The Labute approximate surface area is 203 Å². The number of amides is 2. The second-order valence-electron chi connectivity index (χ2n) is 8.27. The van der Waals surface area contributed by atoms with E-state index in [9.17, 15) is 32.3 Å². The lowest BCUT2D eigenvalue weighted by atomic mass is 9.79. The van der Waals surface area contributed by atoms with Crippen molar-refractivity contribution in [2.75, 3.05) is 6.61 Å². The number of ether oxygens (including phenoxy) is 1. The molecule has 11 heteroatoms. The van der Waals surface area contributed by atoms with E-state index >= 15 is 0 Å². The number of aliphatic hydroxyl groups is 1. The second kappa shape index (κ2) is 9.65. The summed E-state index contributed by atoms with van der Waals surface area (Å²) in [5, 5.41) is 14.4. The predicted octanol–water partition coefficient (Wildman–Crippen LogP) is 4.98. The van der Waals surface area contributed by atoms with Gasteiger partial charge in [0.1, 0.15) is 35.0 Å². The minimum Gasteiger partial charge on any atom is -0.494 e.